The third kappa shape index (κ3) is 4.28. The first kappa shape index (κ1) is 20.6. The number of hydrogen-bond donors (Lipinski definition) is 1. The minimum Gasteiger partial charge on any atom is -0.497 e. The van der Waals surface area contributed by atoms with Crippen molar-refractivity contribution in [2.24, 2.45) is 0 Å². The summed E-state index contributed by atoms with van der Waals surface area (Å²) in [4.78, 5) is 9.19. The third-order valence-electron chi connectivity index (χ3n) is 5.06. The van der Waals surface area contributed by atoms with Gasteiger partial charge in [0.15, 0.2) is 5.82 Å². The zero-order valence-electron chi connectivity index (χ0n) is 17.9. The summed E-state index contributed by atoms with van der Waals surface area (Å²) in [5, 5.41) is 8.11. The highest BCUT2D eigenvalue weighted by molar-refractivity contribution is 5.66. The van der Waals surface area contributed by atoms with E-state index in [2.05, 4.69) is 27.3 Å². The number of hydrogen-bond acceptors (Lipinski definition) is 6. The van der Waals surface area contributed by atoms with Crippen LogP contribution in [0, 0.1) is 12.7 Å². The van der Waals surface area contributed by atoms with Crippen LogP contribution < -0.4 is 14.8 Å². The number of fused-ring (bicyclic) bond motifs is 1. The number of aromatic nitrogens is 4. The van der Waals surface area contributed by atoms with Crippen molar-refractivity contribution in [3.8, 4) is 11.5 Å². The fourth-order valence-electron chi connectivity index (χ4n) is 3.56. The quantitative estimate of drug-likeness (QED) is 0.474. The summed E-state index contributed by atoms with van der Waals surface area (Å²) in [6.07, 6.45) is 1.17. The summed E-state index contributed by atoms with van der Waals surface area (Å²) in [7, 11) is 3.22. The molecule has 2 heterocycles. The molecule has 0 fully saturated rings. The van der Waals surface area contributed by atoms with Crippen molar-refractivity contribution >= 4 is 17.3 Å². The lowest BCUT2D eigenvalue weighted by Gasteiger charge is -2.15. The predicted molar refractivity (Wildman–Crippen MR) is 117 cm³/mol. The molecule has 0 aliphatic heterocycles. The van der Waals surface area contributed by atoms with E-state index in [1.165, 1.54) is 12.1 Å². The number of methoxy groups -OCH3 is 2. The Morgan fingerprint density at radius 3 is 2.42 bits per heavy atom. The fraction of sp³-hybridized carbons (Fsp3) is 0.261. The van der Waals surface area contributed by atoms with Gasteiger partial charge in [-0.05, 0) is 31.0 Å². The minimum atomic E-state index is -0.280. The van der Waals surface area contributed by atoms with Crippen molar-refractivity contribution in [2.75, 3.05) is 19.5 Å². The van der Waals surface area contributed by atoms with Gasteiger partial charge in [0.05, 0.1) is 14.2 Å². The molecule has 1 N–H and O–H groups in total. The van der Waals surface area contributed by atoms with E-state index in [1.807, 2.05) is 31.2 Å². The Hall–Kier alpha value is -3.68. The standard InChI is InChI=1S/C23H24FN5O2/c1-5-20-14(2)25-23-27-21(10-15-7-6-8-16(24)9-15)28-29(23)22(20)26-17-11-18(30-3)13-19(12-17)31-4/h6-9,11-13,26H,5,10H2,1-4H3. The molecule has 2 aromatic carbocycles. The maximum atomic E-state index is 13.6. The average molecular weight is 421 g/mol. The van der Waals surface area contributed by atoms with Gasteiger partial charge in [-0.15, -0.1) is 5.10 Å². The van der Waals surface area contributed by atoms with Crippen LogP contribution in [0.5, 0.6) is 11.5 Å². The number of nitrogens with one attached hydrogen (secondary N) is 1. The molecule has 4 aromatic rings. The van der Waals surface area contributed by atoms with Crippen LogP contribution >= 0.6 is 0 Å². The largest absolute Gasteiger partial charge is 0.497 e. The van der Waals surface area contributed by atoms with Crippen LogP contribution in [-0.4, -0.2) is 33.8 Å². The van der Waals surface area contributed by atoms with Gasteiger partial charge in [0.25, 0.3) is 5.78 Å². The lowest BCUT2D eigenvalue weighted by atomic mass is 10.1. The van der Waals surface area contributed by atoms with Gasteiger partial charge in [-0.3, -0.25) is 0 Å². The number of benzene rings is 2. The van der Waals surface area contributed by atoms with E-state index in [9.17, 15) is 4.39 Å². The van der Waals surface area contributed by atoms with Crippen molar-refractivity contribution < 1.29 is 13.9 Å². The van der Waals surface area contributed by atoms with Gasteiger partial charge < -0.3 is 14.8 Å². The monoisotopic (exact) mass is 421 g/mol. The maximum absolute atomic E-state index is 13.6. The second kappa shape index (κ2) is 8.59. The van der Waals surface area contributed by atoms with Gasteiger partial charge in [-0.1, -0.05) is 19.1 Å². The summed E-state index contributed by atoms with van der Waals surface area (Å²) in [5.41, 5.74) is 3.49. The molecular weight excluding hydrogens is 397 g/mol. The van der Waals surface area contributed by atoms with Crippen molar-refractivity contribution in [3.05, 3.63) is 70.9 Å². The van der Waals surface area contributed by atoms with Gasteiger partial charge in [0, 0.05) is 41.6 Å². The van der Waals surface area contributed by atoms with Crippen molar-refractivity contribution in [3.63, 3.8) is 0 Å². The molecule has 160 valence electrons. The SMILES string of the molecule is CCc1c(C)nc2nc(Cc3cccc(F)c3)nn2c1Nc1cc(OC)cc(OC)c1. The van der Waals surface area contributed by atoms with E-state index in [1.54, 1.807) is 24.8 Å². The van der Waals surface area contributed by atoms with Crippen LogP contribution in [0.25, 0.3) is 5.78 Å². The zero-order valence-corrected chi connectivity index (χ0v) is 17.9. The summed E-state index contributed by atoms with van der Waals surface area (Å²) < 4.78 is 26.0. The average Bonchev–Trinajstić information content (AvgIpc) is 3.15. The highest BCUT2D eigenvalue weighted by Gasteiger charge is 2.17. The molecule has 0 spiro atoms. The maximum Gasteiger partial charge on any atom is 0.254 e. The van der Waals surface area contributed by atoms with Crippen LogP contribution in [0.1, 0.15) is 29.6 Å². The van der Waals surface area contributed by atoms with E-state index in [-0.39, 0.29) is 5.82 Å². The van der Waals surface area contributed by atoms with Gasteiger partial charge in [0.1, 0.15) is 23.1 Å². The molecule has 0 amide bonds. The van der Waals surface area contributed by atoms with Crippen LogP contribution in [0.3, 0.4) is 0 Å². The highest BCUT2D eigenvalue weighted by Crippen LogP contribution is 2.30. The number of halogens is 1. The topological polar surface area (TPSA) is 73.6 Å². The molecule has 7 nitrogen and oxygen atoms in total. The third-order valence-corrected chi connectivity index (χ3v) is 5.06. The molecule has 0 aliphatic carbocycles. The Labute approximate surface area is 179 Å². The number of aryl methyl sites for hydroxylation is 1. The first-order valence-corrected chi connectivity index (χ1v) is 10.0. The van der Waals surface area contributed by atoms with E-state index in [0.717, 1.165) is 34.7 Å². The first-order chi connectivity index (χ1) is 15.0. The van der Waals surface area contributed by atoms with Crippen molar-refractivity contribution in [1.29, 1.82) is 0 Å². The lowest BCUT2D eigenvalue weighted by molar-refractivity contribution is 0.395. The molecule has 31 heavy (non-hydrogen) atoms. The molecule has 0 bridgehead atoms. The lowest BCUT2D eigenvalue weighted by Crippen LogP contribution is -2.08. The molecule has 0 saturated heterocycles. The molecule has 0 unspecified atom stereocenters. The van der Waals surface area contributed by atoms with Crippen molar-refractivity contribution in [2.45, 2.75) is 26.7 Å². The molecular formula is C23H24FN5O2. The summed E-state index contributed by atoms with van der Waals surface area (Å²) >= 11 is 0. The molecule has 4 rings (SSSR count). The summed E-state index contributed by atoms with van der Waals surface area (Å²) in [6, 6.07) is 12.0. The Kier molecular flexibility index (Phi) is 5.70. The number of rotatable bonds is 7. The smallest absolute Gasteiger partial charge is 0.254 e. The van der Waals surface area contributed by atoms with Crippen molar-refractivity contribution in [1.82, 2.24) is 19.6 Å². The van der Waals surface area contributed by atoms with Gasteiger partial charge >= 0.3 is 0 Å². The van der Waals surface area contributed by atoms with E-state index in [4.69, 9.17) is 9.47 Å². The summed E-state index contributed by atoms with van der Waals surface area (Å²) in [6.45, 7) is 4.02. The van der Waals surface area contributed by atoms with Crippen LogP contribution in [0.4, 0.5) is 15.9 Å². The number of ether oxygens (including phenoxy) is 2. The Morgan fingerprint density at radius 1 is 1.03 bits per heavy atom. The number of nitrogens with zero attached hydrogens (tertiary/aromatic N) is 4. The van der Waals surface area contributed by atoms with Crippen LogP contribution in [0.15, 0.2) is 42.5 Å². The molecule has 0 radical (unpaired) electrons. The van der Waals surface area contributed by atoms with E-state index >= 15 is 0 Å². The van der Waals surface area contributed by atoms with Crippen LogP contribution in [0.2, 0.25) is 0 Å². The minimum absolute atomic E-state index is 0.280. The second-order valence-electron chi connectivity index (χ2n) is 7.15. The molecule has 0 atom stereocenters. The zero-order chi connectivity index (χ0) is 22.0. The molecule has 0 saturated carbocycles. The second-order valence-corrected chi connectivity index (χ2v) is 7.15. The van der Waals surface area contributed by atoms with Gasteiger partial charge in [-0.25, -0.2) is 9.37 Å². The van der Waals surface area contributed by atoms with Gasteiger partial charge in [0.2, 0.25) is 0 Å². The normalized spacial score (nSPS) is 11.0. The highest BCUT2D eigenvalue weighted by atomic mass is 19.1. The van der Waals surface area contributed by atoms with Crippen LogP contribution in [-0.2, 0) is 12.8 Å². The predicted octanol–water partition coefficient (Wildman–Crippen LogP) is 4.49. The first-order valence-electron chi connectivity index (χ1n) is 10.0. The Bertz CT molecular complexity index is 1220. The van der Waals surface area contributed by atoms with Gasteiger partial charge in [-0.2, -0.15) is 9.50 Å². The Morgan fingerprint density at radius 2 is 1.77 bits per heavy atom. The molecule has 8 heteroatoms. The fourth-order valence-corrected chi connectivity index (χ4v) is 3.56. The Balaban J connectivity index is 1.79. The summed E-state index contributed by atoms with van der Waals surface area (Å²) in [5.74, 6) is 2.89. The number of anilines is 2. The molecule has 2 aromatic heterocycles. The van der Waals surface area contributed by atoms with E-state index < -0.39 is 0 Å². The molecule has 0 aliphatic rings. The van der Waals surface area contributed by atoms with E-state index in [0.29, 0.717) is 29.5 Å².